The van der Waals surface area contributed by atoms with E-state index in [4.69, 9.17) is 16.3 Å². The lowest BCUT2D eigenvalue weighted by Crippen LogP contribution is -2.43. The Morgan fingerprint density at radius 2 is 1.81 bits per heavy atom. The van der Waals surface area contributed by atoms with Crippen molar-refractivity contribution in [1.29, 1.82) is 0 Å². The number of ether oxygens (including phenoxy) is 1. The molecular formula is C30H37ClN4O2. The molecule has 0 spiro atoms. The van der Waals surface area contributed by atoms with Gasteiger partial charge in [-0.25, -0.2) is 4.98 Å². The van der Waals surface area contributed by atoms with Crippen molar-refractivity contribution in [3.05, 3.63) is 88.1 Å². The number of anilines is 1. The van der Waals surface area contributed by atoms with Gasteiger partial charge in [0.2, 0.25) is 0 Å². The van der Waals surface area contributed by atoms with E-state index in [9.17, 15) is 4.79 Å². The molecule has 0 bridgehead atoms. The van der Waals surface area contributed by atoms with E-state index in [0.29, 0.717) is 35.3 Å². The van der Waals surface area contributed by atoms with Gasteiger partial charge in [0.1, 0.15) is 11.6 Å². The van der Waals surface area contributed by atoms with E-state index in [1.54, 1.807) is 6.07 Å². The third-order valence-electron chi connectivity index (χ3n) is 6.61. The minimum Gasteiger partial charge on any atom is -0.493 e. The Morgan fingerprint density at radius 3 is 2.54 bits per heavy atom. The molecule has 0 unspecified atom stereocenters. The topological polar surface area (TPSA) is 57.7 Å². The maximum atomic E-state index is 12.9. The molecule has 0 aliphatic carbocycles. The van der Waals surface area contributed by atoms with Crippen LogP contribution in [0.1, 0.15) is 47.4 Å². The quantitative estimate of drug-likeness (QED) is 0.369. The summed E-state index contributed by atoms with van der Waals surface area (Å²) in [5.74, 6) is 1.74. The van der Waals surface area contributed by atoms with Crippen molar-refractivity contribution < 1.29 is 9.53 Å². The van der Waals surface area contributed by atoms with Crippen LogP contribution in [0.25, 0.3) is 0 Å². The molecule has 1 fully saturated rings. The van der Waals surface area contributed by atoms with E-state index in [1.165, 1.54) is 5.56 Å². The van der Waals surface area contributed by atoms with Crippen LogP contribution < -0.4 is 10.1 Å². The number of halogens is 1. The molecule has 0 saturated carbocycles. The van der Waals surface area contributed by atoms with Gasteiger partial charge in [-0.05, 0) is 67.4 Å². The monoisotopic (exact) mass is 520 g/mol. The molecule has 0 atom stereocenters. The summed E-state index contributed by atoms with van der Waals surface area (Å²) in [6.45, 7) is 10.3. The van der Waals surface area contributed by atoms with Crippen molar-refractivity contribution in [2.24, 2.45) is 5.92 Å². The van der Waals surface area contributed by atoms with Gasteiger partial charge < -0.3 is 15.0 Å². The molecule has 1 amide bonds. The minimum absolute atomic E-state index is 0.170. The molecule has 1 saturated heterocycles. The summed E-state index contributed by atoms with van der Waals surface area (Å²) in [6, 6.07) is 19.2. The Bertz CT molecular complexity index is 1170. The van der Waals surface area contributed by atoms with E-state index in [1.807, 2.05) is 54.6 Å². The molecule has 4 rings (SSSR count). The second kappa shape index (κ2) is 13.0. The standard InChI is InChI=1S/C30H37ClN4O2/c1-22(2)13-18-37-28-12-11-26(31)19-25(28)20-27-5-4-6-29(32-27)33-30(36)24-9-7-23(8-10-24)21-35-16-14-34(3)15-17-35/h4-12,19,22H,13-18,20-21H2,1-3H3,(H,32,33,36). The first-order valence-electron chi connectivity index (χ1n) is 13.0. The molecular weight excluding hydrogens is 484 g/mol. The molecule has 2 aromatic carbocycles. The van der Waals surface area contributed by atoms with Gasteiger partial charge in [-0.15, -0.1) is 0 Å². The molecule has 1 aliphatic rings. The zero-order chi connectivity index (χ0) is 26.2. The summed E-state index contributed by atoms with van der Waals surface area (Å²) in [6.07, 6.45) is 1.54. The number of aromatic nitrogens is 1. The third-order valence-corrected chi connectivity index (χ3v) is 6.85. The highest BCUT2D eigenvalue weighted by Crippen LogP contribution is 2.26. The van der Waals surface area contributed by atoms with Gasteiger partial charge >= 0.3 is 0 Å². The number of hydrogen-bond donors (Lipinski definition) is 1. The molecule has 1 N–H and O–H groups in total. The van der Waals surface area contributed by atoms with Crippen molar-refractivity contribution in [1.82, 2.24) is 14.8 Å². The van der Waals surface area contributed by atoms with Crippen LogP contribution in [0.3, 0.4) is 0 Å². The number of amides is 1. The number of likely N-dealkylation sites (N-methyl/N-ethyl adjacent to an activating group) is 1. The van der Waals surface area contributed by atoms with Crippen LogP contribution in [-0.4, -0.2) is 60.5 Å². The van der Waals surface area contributed by atoms with E-state index >= 15 is 0 Å². The fourth-order valence-electron chi connectivity index (χ4n) is 4.29. The Balaban J connectivity index is 1.37. The summed E-state index contributed by atoms with van der Waals surface area (Å²) in [7, 11) is 2.16. The first-order chi connectivity index (χ1) is 17.9. The Hall–Kier alpha value is -2.93. The molecule has 2 heterocycles. The van der Waals surface area contributed by atoms with Gasteiger partial charge in [0.05, 0.1) is 6.61 Å². The van der Waals surface area contributed by atoms with Crippen molar-refractivity contribution in [2.75, 3.05) is 45.2 Å². The highest BCUT2D eigenvalue weighted by atomic mass is 35.5. The van der Waals surface area contributed by atoms with E-state index in [2.05, 4.69) is 41.0 Å². The van der Waals surface area contributed by atoms with E-state index < -0.39 is 0 Å². The number of piperazine rings is 1. The number of carbonyl (C=O) groups is 1. The van der Waals surface area contributed by atoms with Crippen molar-refractivity contribution in [3.8, 4) is 5.75 Å². The molecule has 196 valence electrons. The molecule has 3 aromatic rings. The largest absolute Gasteiger partial charge is 0.493 e. The van der Waals surface area contributed by atoms with Crippen molar-refractivity contribution in [3.63, 3.8) is 0 Å². The van der Waals surface area contributed by atoms with Gasteiger partial charge in [-0.3, -0.25) is 9.69 Å². The fraction of sp³-hybridized carbons (Fsp3) is 0.400. The number of benzene rings is 2. The number of carbonyl (C=O) groups excluding carboxylic acids is 1. The van der Waals surface area contributed by atoms with Crippen molar-refractivity contribution >= 4 is 23.3 Å². The van der Waals surface area contributed by atoms with Gasteiger partial charge in [0.15, 0.2) is 0 Å². The predicted octanol–water partition coefficient (Wildman–Crippen LogP) is 5.75. The van der Waals surface area contributed by atoms with Gasteiger partial charge in [0.25, 0.3) is 5.91 Å². The lowest BCUT2D eigenvalue weighted by molar-refractivity contribution is 0.102. The van der Waals surface area contributed by atoms with Crippen LogP contribution in [0.5, 0.6) is 5.75 Å². The van der Waals surface area contributed by atoms with Crippen LogP contribution in [0.2, 0.25) is 5.02 Å². The molecule has 7 heteroatoms. The van der Waals surface area contributed by atoms with Crippen LogP contribution in [0.4, 0.5) is 5.82 Å². The third kappa shape index (κ3) is 8.29. The highest BCUT2D eigenvalue weighted by Gasteiger charge is 2.15. The summed E-state index contributed by atoms with van der Waals surface area (Å²) in [5, 5.41) is 3.60. The summed E-state index contributed by atoms with van der Waals surface area (Å²) < 4.78 is 6.03. The number of rotatable bonds is 10. The van der Waals surface area contributed by atoms with Crippen LogP contribution in [-0.2, 0) is 13.0 Å². The first-order valence-corrected chi connectivity index (χ1v) is 13.4. The van der Waals surface area contributed by atoms with Gasteiger partial charge in [-0.2, -0.15) is 0 Å². The van der Waals surface area contributed by atoms with Crippen LogP contribution in [0.15, 0.2) is 60.7 Å². The average Bonchev–Trinajstić information content (AvgIpc) is 2.87. The zero-order valence-corrected chi connectivity index (χ0v) is 22.8. The van der Waals surface area contributed by atoms with Gasteiger partial charge in [-0.1, -0.05) is 43.6 Å². The lowest BCUT2D eigenvalue weighted by atomic mass is 10.1. The molecule has 0 radical (unpaired) electrons. The maximum Gasteiger partial charge on any atom is 0.256 e. The minimum atomic E-state index is -0.170. The SMILES string of the molecule is CC(C)CCOc1ccc(Cl)cc1Cc1cccc(NC(=O)c2ccc(CN3CCN(C)CC3)cc2)n1. The number of nitrogens with one attached hydrogen (secondary N) is 1. The fourth-order valence-corrected chi connectivity index (χ4v) is 4.48. The molecule has 1 aromatic heterocycles. The van der Waals surface area contributed by atoms with Crippen LogP contribution in [0, 0.1) is 5.92 Å². The normalized spacial score (nSPS) is 14.6. The summed E-state index contributed by atoms with van der Waals surface area (Å²) >= 11 is 6.27. The second-order valence-corrected chi connectivity index (χ2v) is 10.6. The van der Waals surface area contributed by atoms with Crippen LogP contribution >= 0.6 is 11.6 Å². The predicted molar refractivity (Wildman–Crippen MR) is 151 cm³/mol. The smallest absolute Gasteiger partial charge is 0.256 e. The van der Waals surface area contributed by atoms with E-state index in [-0.39, 0.29) is 5.91 Å². The molecule has 37 heavy (non-hydrogen) atoms. The maximum absolute atomic E-state index is 12.9. The Morgan fingerprint density at radius 1 is 1.05 bits per heavy atom. The van der Waals surface area contributed by atoms with E-state index in [0.717, 1.165) is 56.2 Å². The zero-order valence-electron chi connectivity index (χ0n) is 22.0. The molecule has 1 aliphatic heterocycles. The average molecular weight is 521 g/mol. The Labute approximate surface area is 225 Å². The summed E-state index contributed by atoms with van der Waals surface area (Å²) in [5.41, 5.74) is 3.64. The van der Waals surface area contributed by atoms with Gasteiger partial charge in [0, 0.05) is 61.0 Å². The molecule has 6 nitrogen and oxygen atoms in total. The second-order valence-electron chi connectivity index (χ2n) is 10.2. The Kier molecular flexibility index (Phi) is 9.56. The summed E-state index contributed by atoms with van der Waals surface area (Å²) in [4.78, 5) is 22.4. The lowest BCUT2D eigenvalue weighted by Gasteiger charge is -2.32. The first kappa shape index (κ1) is 27.1. The number of hydrogen-bond acceptors (Lipinski definition) is 5. The number of nitrogens with zero attached hydrogens (tertiary/aromatic N) is 3. The number of pyridine rings is 1. The van der Waals surface area contributed by atoms with Crippen molar-refractivity contribution in [2.45, 2.75) is 33.2 Å². The highest BCUT2D eigenvalue weighted by molar-refractivity contribution is 6.30.